The van der Waals surface area contributed by atoms with Crippen molar-refractivity contribution in [1.29, 1.82) is 0 Å². The molecule has 3 aromatic rings. The molecule has 0 unspecified atom stereocenters. The van der Waals surface area contributed by atoms with Crippen LogP contribution in [-0.2, 0) is 6.42 Å². The zero-order valence-electron chi connectivity index (χ0n) is 11.3. The van der Waals surface area contributed by atoms with Crippen molar-refractivity contribution in [3.63, 3.8) is 0 Å². The van der Waals surface area contributed by atoms with Crippen molar-refractivity contribution in [2.75, 3.05) is 5.73 Å². The zero-order chi connectivity index (χ0) is 14.4. The number of rotatable bonds is 1. The van der Waals surface area contributed by atoms with Crippen molar-refractivity contribution < 1.29 is 0 Å². The number of nitrogen functional groups attached to an aromatic ring is 1. The molecule has 0 fully saturated rings. The van der Waals surface area contributed by atoms with Gasteiger partial charge in [0, 0.05) is 29.4 Å². The molecule has 102 valence electrons. The van der Waals surface area contributed by atoms with E-state index in [-0.39, 0.29) is 0 Å². The highest BCUT2D eigenvalue weighted by Gasteiger charge is 2.21. The van der Waals surface area contributed by atoms with E-state index in [1.165, 1.54) is 22.3 Å². The maximum Gasteiger partial charge on any atom is 0.129 e. The summed E-state index contributed by atoms with van der Waals surface area (Å²) in [6.45, 7) is 0. The lowest BCUT2D eigenvalue weighted by atomic mass is 9.97. The smallest absolute Gasteiger partial charge is 0.129 e. The molecule has 3 heteroatoms. The summed E-state index contributed by atoms with van der Waals surface area (Å²) < 4.78 is 0. The fraction of sp³-hybridized carbons (Fsp3) is 0.0556. The van der Waals surface area contributed by atoms with Gasteiger partial charge in [0.05, 0.1) is 0 Å². The summed E-state index contributed by atoms with van der Waals surface area (Å²) in [6.07, 6.45) is 2.66. The Morgan fingerprint density at radius 3 is 2.52 bits per heavy atom. The summed E-state index contributed by atoms with van der Waals surface area (Å²) >= 11 is 5.85. The molecule has 2 N–H and O–H groups in total. The predicted octanol–water partition coefficient (Wildman–Crippen LogP) is 4.56. The van der Waals surface area contributed by atoms with E-state index in [1.54, 1.807) is 12.3 Å². The Labute approximate surface area is 128 Å². The van der Waals surface area contributed by atoms with E-state index in [4.69, 9.17) is 17.3 Å². The van der Waals surface area contributed by atoms with Crippen LogP contribution in [0.5, 0.6) is 0 Å². The van der Waals surface area contributed by atoms with Crippen molar-refractivity contribution in [3.8, 4) is 22.3 Å². The molecule has 1 aliphatic carbocycles. The molecule has 0 saturated heterocycles. The van der Waals surface area contributed by atoms with Crippen LogP contribution in [0.3, 0.4) is 0 Å². The van der Waals surface area contributed by atoms with Crippen molar-refractivity contribution >= 4 is 17.3 Å². The van der Waals surface area contributed by atoms with E-state index in [0.717, 1.165) is 23.2 Å². The summed E-state index contributed by atoms with van der Waals surface area (Å²) in [4.78, 5) is 4.14. The fourth-order valence-corrected chi connectivity index (χ4v) is 3.13. The third kappa shape index (κ3) is 1.91. The number of hydrogen-bond donors (Lipinski definition) is 1. The van der Waals surface area contributed by atoms with Crippen molar-refractivity contribution in [2.24, 2.45) is 0 Å². The maximum absolute atomic E-state index is 6.42. The molecular weight excluding hydrogens is 280 g/mol. The zero-order valence-corrected chi connectivity index (χ0v) is 12.1. The standard InChI is InChI=1S/C18H13ClN2/c19-17-8-5-12(10-21-17)14-6-7-15-13-4-2-1-3-11(13)9-16(15)18(14)20/h1-8,10H,9,20H2. The Bertz CT molecular complexity index is 838. The van der Waals surface area contributed by atoms with E-state index >= 15 is 0 Å². The highest BCUT2D eigenvalue weighted by molar-refractivity contribution is 6.29. The van der Waals surface area contributed by atoms with Crippen LogP contribution in [0.1, 0.15) is 11.1 Å². The average molecular weight is 293 g/mol. The Morgan fingerprint density at radius 1 is 0.905 bits per heavy atom. The van der Waals surface area contributed by atoms with Crippen LogP contribution in [0.2, 0.25) is 5.15 Å². The van der Waals surface area contributed by atoms with Gasteiger partial charge in [0.1, 0.15) is 5.15 Å². The topological polar surface area (TPSA) is 38.9 Å². The summed E-state index contributed by atoms with van der Waals surface area (Å²) in [5, 5.41) is 0.492. The molecule has 4 rings (SSSR count). The van der Waals surface area contributed by atoms with Crippen LogP contribution in [0, 0.1) is 0 Å². The molecule has 1 aromatic heterocycles. The van der Waals surface area contributed by atoms with Gasteiger partial charge in [-0.2, -0.15) is 0 Å². The average Bonchev–Trinajstić information content (AvgIpc) is 2.89. The lowest BCUT2D eigenvalue weighted by Gasteiger charge is -2.11. The lowest BCUT2D eigenvalue weighted by Crippen LogP contribution is -1.96. The number of fused-ring (bicyclic) bond motifs is 3. The van der Waals surface area contributed by atoms with Crippen LogP contribution in [0.25, 0.3) is 22.3 Å². The van der Waals surface area contributed by atoms with Crippen LogP contribution in [-0.4, -0.2) is 4.98 Å². The monoisotopic (exact) mass is 292 g/mol. The number of nitrogens with two attached hydrogens (primary N) is 1. The first kappa shape index (κ1) is 12.4. The van der Waals surface area contributed by atoms with Gasteiger partial charge in [0.15, 0.2) is 0 Å². The van der Waals surface area contributed by atoms with Gasteiger partial charge < -0.3 is 5.73 Å². The molecule has 0 spiro atoms. The van der Waals surface area contributed by atoms with Crippen LogP contribution in [0.4, 0.5) is 5.69 Å². The van der Waals surface area contributed by atoms with Crippen molar-refractivity contribution in [1.82, 2.24) is 4.98 Å². The number of pyridine rings is 1. The van der Waals surface area contributed by atoms with Gasteiger partial charge in [-0.1, -0.05) is 48.0 Å². The van der Waals surface area contributed by atoms with Crippen molar-refractivity contribution in [3.05, 3.63) is 71.0 Å². The van der Waals surface area contributed by atoms with Crippen LogP contribution in [0.15, 0.2) is 54.7 Å². The Hall–Kier alpha value is -2.32. The number of halogens is 1. The van der Waals surface area contributed by atoms with E-state index in [1.807, 2.05) is 6.07 Å². The number of aromatic nitrogens is 1. The molecule has 21 heavy (non-hydrogen) atoms. The molecule has 0 saturated carbocycles. The van der Waals surface area contributed by atoms with Crippen molar-refractivity contribution in [2.45, 2.75) is 6.42 Å². The molecule has 2 aromatic carbocycles. The predicted molar refractivity (Wildman–Crippen MR) is 87.3 cm³/mol. The number of nitrogens with zero attached hydrogens (tertiary/aromatic N) is 1. The molecule has 1 aliphatic rings. The molecule has 0 atom stereocenters. The second-order valence-corrected chi connectivity index (χ2v) is 5.64. The first-order valence-corrected chi connectivity index (χ1v) is 7.23. The van der Waals surface area contributed by atoms with E-state index < -0.39 is 0 Å². The fourth-order valence-electron chi connectivity index (χ4n) is 3.02. The lowest BCUT2D eigenvalue weighted by molar-refractivity contribution is 1.26. The molecule has 0 aliphatic heterocycles. The van der Waals surface area contributed by atoms with E-state index in [2.05, 4.69) is 41.4 Å². The first-order chi connectivity index (χ1) is 10.2. The van der Waals surface area contributed by atoms with Gasteiger partial charge in [-0.25, -0.2) is 4.98 Å². The summed E-state index contributed by atoms with van der Waals surface area (Å²) in [5.74, 6) is 0. The Kier molecular flexibility index (Phi) is 2.72. The minimum Gasteiger partial charge on any atom is -0.398 e. The largest absolute Gasteiger partial charge is 0.398 e. The molecule has 1 heterocycles. The second kappa shape index (κ2) is 4.61. The molecule has 2 nitrogen and oxygen atoms in total. The molecular formula is C18H13ClN2. The quantitative estimate of drug-likeness (QED) is 0.413. The Morgan fingerprint density at radius 2 is 1.71 bits per heavy atom. The third-order valence-corrected chi connectivity index (χ3v) is 4.29. The normalized spacial score (nSPS) is 12.0. The third-order valence-electron chi connectivity index (χ3n) is 4.07. The van der Waals surface area contributed by atoms with Gasteiger partial charge in [-0.05, 0) is 34.4 Å². The first-order valence-electron chi connectivity index (χ1n) is 6.85. The highest BCUT2D eigenvalue weighted by atomic mass is 35.5. The number of anilines is 1. The second-order valence-electron chi connectivity index (χ2n) is 5.26. The van der Waals surface area contributed by atoms with Crippen LogP contribution >= 0.6 is 11.6 Å². The van der Waals surface area contributed by atoms with Gasteiger partial charge in [-0.3, -0.25) is 0 Å². The van der Waals surface area contributed by atoms with Gasteiger partial charge in [0.25, 0.3) is 0 Å². The molecule has 0 bridgehead atoms. The van der Waals surface area contributed by atoms with E-state index in [0.29, 0.717) is 5.15 Å². The highest BCUT2D eigenvalue weighted by Crippen LogP contribution is 2.42. The van der Waals surface area contributed by atoms with Gasteiger partial charge >= 0.3 is 0 Å². The number of benzene rings is 2. The van der Waals surface area contributed by atoms with Gasteiger partial charge in [-0.15, -0.1) is 0 Å². The summed E-state index contributed by atoms with van der Waals surface area (Å²) in [7, 11) is 0. The Balaban J connectivity index is 1.88. The van der Waals surface area contributed by atoms with Crippen LogP contribution < -0.4 is 5.73 Å². The molecule has 0 radical (unpaired) electrons. The summed E-state index contributed by atoms with van der Waals surface area (Å²) in [6, 6.07) is 16.4. The van der Waals surface area contributed by atoms with Gasteiger partial charge in [0.2, 0.25) is 0 Å². The molecule has 0 amide bonds. The van der Waals surface area contributed by atoms with E-state index in [9.17, 15) is 0 Å². The maximum atomic E-state index is 6.42. The summed E-state index contributed by atoms with van der Waals surface area (Å²) in [5.41, 5.74) is 14.4. The number of hydrogen-bond acceptors (Lipinski definition) is 2. The SMILES string of the molecule is Nc1c(-c2ccc(Cl)nc2)ccc2c1Cc1ccccc1-2. The minimum atomic E-state index is 0.492. The minimum absolute atomic E-state index is 0.492.